The molecule has 0 unspecified atom stereocenters. The van der Waals surface area contributed by atoms with Crippen LogP contribution in [-0.4, -0.2) is 22.5 Å². The van der Waals surface area contributed by atoms with Gasteiger partial charge in [-0.05, 0) is 25.1 Å². The van der Waals surface area contributed by atoms with Crippen molar-refractivity contribution in [3.05, 3.63) is 75.5 Å². The number of hydrogen-bond acceptors (Lipinski definition) is 4. The van der Waals surface area contributed by atoms with Gasteiger partial charge in [-0.15, -0.1) is 0 Å². The van der Waals surface area contributed by atoms with Crippen LogP contribution in [-0.2, 0) is 4.74 Å². The number of aromatic nitrogens is 1. The minimum atomic E-state index is -0.457. The Kier molecular flexibility index (Phi) is 4.61. The molecule has 126 valence electrons. The summed E-state index contributed by atoms with van der Waals surface area (Å²) < 4.78 is 5.10. The summed E-state index contributed by atoms with van der Waals surface area (Å²) in [5, 5.41) is 12.0. The highest BCUT2D eigenvalue weighted by molar-refractivity contribution is 6.03. The Morgan fingerprint density at radius 1 is 1.16 bits per heavy atom. The van der Waals surface area contributed by atoms with Crippen LogP contribution in [0.4, 0.5) is 5.69 Å². The molecule has 0 bridgehead atoms. The van der Waals surface area contributed by atoms with Crippen LogP contribution in [0.2, 0.25) is 0 Å². The number of carbonyl (C=O) groups is 1. The fraction of sp³-hybridized carbons (Fsp3) is 0.105. The maximum Gasteiger partial charge on any atom is 0.355 e. The molecule has 0 fully saturated rings. The minimum Gasteiger partial charge on any atom is -0.461 e. The lowest BCUT2D eigenvalue weighted by Crippen LogP contribution is -2.06. The Labute approximate surface area is 143 Å². The normalized spacial score (nSPS) is 11.1. The van der Waals surface area contributed by atoms with Crippen molar-refractivity contribution in [1.29, 1.82) is 0 Å². The van der Waals surface area contributed by atoms with Crippen molar-refractivity contribution in [2.75, 3.05) is 6.61 Å². The highest BCUT2D eigenvalue weighted by Crippen LogP contribution is 2.27. The average Bonchev–Trinajstić information content (AvgIpc) is 2.99. The van der Waals surface area contributed by atoms with E-state index < -0.39 is 10.9 Å². The monoisotopic (exact) mass is 336 g/mol. The maximum atomic E-state index is 12.2. The first kappa shape index (κ1) is 16.4. The Bertz CT molecular complexity index is 972. The summed E-state index contributed by atoms with van der Waals surface area (Å²) in [7, 11) is 0. The van der Waals surface area contributed by atoms with Gasteiger partial charge < -0.3 is 9.72 Å². The van der Waals surface area contributed by atoms with E-state index in [4.69, 9.17) is 4.74 Å². The molecule has 2 aromatic carbocycles. The number of benzene rings is 2. The van der Waals surface area contributed by atoms with Gasteiger partial charge in [-0.2, -0.15) is 0 Å². The van der Waals surface area contributed by atoms with Crippen LogP contribution in [0, 0.1) is 10.1 Å². The molecule has 25 heavy (non-hydrogen) atoms. The molecule has 0 amide bonds. The zero-order valence-electron chi connectivity index (χ0n) is 13.6. The lowest BCUT2D eigenvalue weighted by atomic mass is 10.1. The summed E-state index contributed by atoms with van der Waals surface area (Å²) in [5.41, 5.74) is 2.25. The summed E-state index contributed by atoms with van der Waals surface area (Å²) in [6.45, 7) is 2.00. The van der Waals surface area contributed by atoms with Crippen LogP contribution < -0.4 is 0 Å². The van der Waals surface area contributed by atoms with E-state index in [1.54, 1.807) is 37.3 Å². The van der Waals surface area contributed by atoms with Crippen molar-refractivity contribution in [3.63, 3.8) is 0 Å². The number of hydrogen-bond donors (Lipinski definition) is 1. The van der Waals surface area contributed by atoms with Gasteiger partial charge in [-0.25, -0.2) is 4.79 Å². The van der Waals surface area contributed by atoms with Crippen LogP contribution in [0.25, 0.3) is 23.1 Å². The third kappa shape index (κ3) is 3.28. The van der Waals surface area contributed by atoms with E-state index in [1.807, 2.05) is 24.3 Å². The number of fused-ring (bicyclic) bond motifs is 1. The number of esters is 1. The predicted molar refractivity (Wildman–Crippen MR) is 96.3 cm³/mol. The molecule has 0 saturated carbocycles. The molecule has 3 aromatic rings. The maximum absolute atomic E-state index is 12.2. The minimum absolute atomic E-state index is 0.0104. The second-order valence-corrected chi connectivity index (χ2v) is 5.33. The van der Waals surface area contributed by atoms with E-state index >= 15 is 0 Å². The Balaban J connectivity index is 2.10. The van der Waals surface area contributed by atoms with E-state index in [-0.39, 0.29) is 12.3 Å². The molecule has 0 aliphatic rings. The summed E-state index contributed by atoms with van der Waals surface area (Å²) in [4.78, 5) is 26.0. The first-order chi connectivity index (χ1) is 12.1. The van der Waals surface area contributed by atoms with Gasteiger partial charge in [0.25, 0.3) is 5.69 Å². The Hall–Kier alpha value is -3.41. The number of carbonyl (C=O) groups excluding carboxylic acids is 1. The largest absolute Gasteiger partial charge is 0.461 e. The van der Waals surface area contributed by atoms with Crippen molar-refractivity contribution in [3.8, 4) is 0 Å². The molecule has 0 aliphatic carbocycles. The summed E-state index contributed by atoms with van der Waals surface area (Å²) >= 11 is 0. The fourth-order valence-corrected chi connectivity index (χ4v) is 2.67. The topological polar surface area (TPSA) is 85.2 Å². The van der Waals surface area contributed by atoms with Crippen LogP contribution >= 0.6 is 0 Å². The number of nitro groups is 1. The number of ether oxygens (including phenoxy) is 1. The molecular weight excluding hydrogens is 320 g/mol. The van der Waals surface area contributed by atoms with Crippen molar-refractivity contribution in [2.45, 2.75) is 6.92 Å². The second-order valence-electron chi connectivity index (χ2n) is 5.33. The van der Waals surface area contributed by atoms with Gasteiger partial charge >= 0.3 is 5.97 Å². The van der Waals surface area contributed by atoms with Crippen molar-refractivity contribution in [1.82, 2.24) is 4.98 Å². The van der Waals surface area contributed by atoms with E-state index in [0.29, 0.717) is 16.8 Å². The van der Waals surface area contributed by atoms with Gasteiger partial charge in [0, 0.05) is 22.5 Å². The van der Waals surface area contributed by atoms with Gasteiger partial charge in [-0.1, -0.05) is 36.4 Å². The number of aromatic amines is 1. The summed E-state index contributed by atoms with van der Waals surface area (Å²) in [6.07, 6.45) is 3.34. The number of rotatable bonds is 5. The van der Waals surface area contributed by atoms with Gasteiger partial charge in [0.2, 0.25) is 0 Å². The lowest BCUT2D eigenvalue weighted by Gasteiger charge is -2.01. The van der Waals surface area contributed by atoms with Crippen LogP contribution in [0.1, 0.15) is 28.5 Å². The molecule has 1 N–H and O–H groups in total. The third-order valence-electron chi connectivity index (χ3n) is 3.79. The second kappa shape index (κ2) is 7.00. The molecule has 0 atom stereocenters. The van der Waals surface area contributed by atoms with E-state index in [0.717, 1.165) is 10.9 Å². The van der Waals surface area contributed by atoms with Gasteiger partial charge in [0.1, 0.15) is 5.69 Å². The molecule has 6 nitrogen and oxygen atoms in total. The molecule has 0 radical (unpaired) electrons. The Morgan fingerprint density at radius 2 is 1.88 bits per heavy atom. The summed E-state index contributed by atoms with van der Waals surface area (Å²) in [5.74, 6) is -0.457. The van der Waals surface area contributed by atoms with E-state index in [1.165, 1.54) is 6.07 Å². The van der Waals surface area contributed by atoms with Crippen LogP contribution in [0.15, 0.2) is 48.5 Å². The standard InChI is InChI=1S/C19H16N2O4/c1-2-25-19(22)18-15(14-8-4-5-9-16(14)20-18)12-11-13-7-3-6-10-17(13)21(23)24/h3-12,20H,2H2,1H3/b12-11+. The molecule has 0 saturated heterocycles. The number of nitro benzene ring substituents is 1. The van der Waals surface area contributed by atoms with Crippen molar-refractivity contribution in [2.24, 2.45) is 0 Å². The SMILES string of the molecule is CCOC(=O)c1[nH]c2ccccc2c1/C=C/c1ccccc1[N+](=O)[O-]. The average molecular weight is 336 g/mol. The molecular formula is C19H16N2O4. The van der Waals surface area contributed by atoms with E-state index in [9.17, 15) is 14.9 Å². The zero-order valence-corrected chi connectivity index (χ0v) is 13.6. The van der Waals surface area contributed by atoms with Gasteiger partial charge in [0.15, 0.2) is 0 Å². The first-order valence-electron chi connectivity index (χ1n) is 7.81. The van der Waals surface area contributed by atoms with E-state index in [2.05, 4.69) is 4.98 Å². The molecule has 6 heteroatoms. The highest BCUT2D eigenvalue weighted by Gasteiger charge is 2.17. The summed E-state index contributed by atoms with van der Waals surface area (Å²) in [6, 6.07) is 13.9. The van der Waals surface area contributed by atoms with Crippen LogP contribution in [0.3, 0.4) is 0 Å². The zero-order chi connectivity index (χ0) is 17.8. The van der Waals surface area contributed by atoms with Crippen molar-refractivity contribution < 1.29 is 14.5 Å². The quantitative estimate of drug-likeness (QED) is 0.424. The lowest BCUT2D eigenvalue weighted by molar-refractivity contribution is -0.385. The Morgan fingerprint density at radius 3 is 2.64 bits per heavy atom. The molecule has 0 aliphatic heterocycles. The molecule has 3 rings (SSSR count). The smallest absolute Gasteiger partial charge is 0.355 e. The molecule has 1 heterocycles. The number of para-hydroxylation sites is 2. The van der Waals surface area contributed by atoms with Gasteiger partial charge in [-0.3, -0.25) is 10.1 Å². The predicted octanol–water partition coefficient (Wildman–Crippen LogP) is 4.42. The number of nitrogens with zero attached hydrogens (tertiary/aromatic N) is 1. The van der Waals surface area contributed by atoms with Crippen LogP contribution in [0.5, 0.6) is 0 Å². The van der Waals surface area contributed by atoms with Crippen molar-refractivity contribution >= 4 is 34.7 Å². The third-order valence-corrected chi connectivity index (χ3v) is 3.79. The first-order valence-corrected chi connectivity index (χ1v) is 7.81. The number of H-pyrrole nitrogens is 1. The fourth-order valence-electron chi connectivity index (χ4n) is 2.67. The highest BCUT2D eigenvalue weighted by atomic mass is 16.6. The molecule has 1 aromatic heterocycles. The number of nitrogens with one attached hydrogen (secondary N) is 1. The molecule has 0 spiro atoms. The van der Waals surface area contributed by atoms with Gasteiger partial charge in [0.05, 0.1) is 17.1 Å².